The summed E-state index contributed by atoms with van der Waals surface area (Å²) in [5.74, 6) is 0.285. The van der Waals surface area contributed by atoms with Gasteiger partial charge >= 0.3 is 334 Å². The maximum atomic E-state index is 12.6. The first kappa shape index (κ1) is 40.5. The van der Waals surface area contributed by atoms with E-state index in [9.17, 15) is 9.59 Å². The number of aryl methyl sites for hydroxylation is 2. The van der Waals surface area contributed by atoms with Crippen LogP contribution >= 0.6 is 17.0 Å². The molecule has 281 valence electrons. The van der Waals surface area contributed by atoms with E-state index in [1.807, 2.05) is 0 Å². The van der Waals surface area contributed by atoms with Gasteiger partial charge in [0.1, 0.15) is 0 Å². The van der Waals surface area contributed by atoms with Crippen LogP contribution in [0.1, 0.15) is 108 Å². The van der Waals surface area contributed by atoms with Gasteiger partial charge in [-0.25, -0.2) is 0 Å². The Hall–Kier alpha value is -3.17. The molecule has 0 aromatic heterocycles. The number of carbonyl (C=O) groups excluding carboxylic acids is 2. The number of carbonyl (C=O) groups is 2. The molecule has 0 heterocycles. The average Bonchev–Trinajstić information content (AvgIpc) is 3.79. The second-order valence-electron chi connectivity index (χ2n) is 15.4. The molecule has 54 heavy (non-hydrogen) atoms. The van der Waals surface area contributed by atoms with Gasteiger partial charge in [0.15, 0.2) is 0 Å². The first-order valence-electron chi connectivity index (χ1n) is 19.9. The van der Waals surface area contributed by atoms with Crippen LogP contribution in [0.2, 0.25) is 0 Å². The molecule has 0 fully saturated rings. The summed E-state index contributed by atoms with van der Waals surface area (Å²) in [7, 11) is 17.6. The second-order valence-corrected chi connectivity index (χ2v) is 36.8. The molecule has 2 aliphatic carbocycles. The summed E-state index contributed by atoms with van der Waals surface area (Å²) >= 11 is -5.95. The van der Waals surface area contributed by atoms with E-state index < -0.39 is 27.9 Å². The molecule has 4 unspecified atom stereocenters. The van der Waals surface area contributed by atoms with Gasteiger partial charge in [-0.2, -0.15) is 0 Å². The van der Waals surface area contributed by atoms with Crippen LogP contribution in [0, 0.1) is 11.8 Å². The monoisotopic (exact) mass is 837 g/mol. The Balaban J connectivity index is 1.70. The van der Waals surface area contributed by atoms with Crippen molar-refractivity contribution in [3.8, 4) is 22.3 Å². The zero-order valence-electron chi connectivity index (χ0n) is 32.6. The van der Waals surface area contributed by atoms with Crippen LogP contribution in [0.4, 0.5) is 0 Å². The van der Waals surface area contributed by atoms with Gasteiger partial charge < -0.3 is 0 Å². The maximum absolute atomic E-state index is 12.6. The molecule has 4 nitrogen and oxygen atoms in total. The topological polar surface area (TPSA) is 58.2 Å². The molecule has 8 heteroatoms. The van der Waals surface area contributed by atoms with Crippen LogP contribution in [-0.4, -0.2) is 17.3 Å². The third-order valence-corrected chi connectivity index (χ3v) is 32.2. The first-order chi connectivity index (χ1) is 26.1. The van der Waals surface area contributed by atoms with Gasteiger partial charge in [0.25, 0.3) is 0 Å². The van der Waals surface area contributed by atoms with Gasteiger partial charge in [-0.3, -0.25) is 0 Å². The molecule has 0 saturated heterocycles. The molecule has 4 atom stereocenters. The minimum atomic E-state index is -5.95. The van der Waals surface area contributed by atoms with E-state index in [1.54, 1.807) is 0 Å². The Morgan fingerprint density at radius 3 is 1.37 bits per heavy atom. The van der Waals surface area contributed by atoms with E-state index in [2.05, 4.69) is 149 Å². The summed E-state index contributed by atoms with van der Waals surface area (Å²) in [6.45, 7) is 13.3. The molecule has 2 N–H and O–H groups in total. The van der Waals surface area contributed by atoms with Crippen molar-refractivity contribution >= 4 is 46.5 Å². The van der Waals surface area contributed by atoms with Crippen molar-refractivity contribution in [2.45, 2.75) is 87.3 Å². The average molecular weight is 840 g/mol. The van der Waals surface area contributed by atoms with Crippen molar-refractivity contribution in [3.05, 3.63) is 129 Å². The summed E-state index contributed by atoms with van der Waals surface area (Å²) in [5.41, 5.74) is 14.1. The molecule has 6 rings (SSSR count). The van der Waals surface area contributed by atoms with Crippen molar-refractivity contribution in [2.75, 3.05) is 0 Å². The molecular weight excluding hydrogens is 785 g/mol. The fraction of sp³-hybridized carbons (Fsp3) is 0.348. The minimum absolute atomic E-state index is 0.142. The van der Waals surface area contributed by atoms with Crippen molar-refractivity contribution in [1.82, 2.24) is 10.5 Å². The Kier molecular flexibility index (Phi) is 12.7. The van der Waals surface area contributed by atoms with Crippen LogP contribution < -0.4 is 10.5 Å². The number of nitrogens with one attached hydrogen (secondary N) is 2. The molecule has 0 spiro atoms. The van der Waals surface area contributed by atoms with E-state index in [1.165, 1.54) is 33.4 Å². The van der Waals surface area contributed by atoms with Gasteiger partial charge in [0, 0.05) is 0 Å². The molecule has 0 bridgehead atoms. The van der Waals surface area contributed by atoms with Crippen LogP contribution in [-0.2, 0) is 38.6 Å². The quantitative estimate of drug-likeness (QED) is 0.0822. The van der Waals surface area contributed by atoms with E-state index >= 15 is 0 Å². The summed E-state index contributed by atoms with van der Waals surface area (Å²) in [5, 5.41) is 6.06. The van der Waals surface area contributed by atoms with Crippen molar-refractivity contribution in [3.63, 3.8) is 0 Å². The zero-order chi connectivity index (χ0) is 38.6. The second kappa shape index (κ2) is 16.9. The predicted molar refractivity (Wildman–Crippen MR) is 228 cm³/mol. The molecule has 0 saturated carbocycles. The molecule has 0 aliphatic heterocycles. The number of rotatable bonds is 17. The normalized spacial score (nSPS) is 18.0. The van der Waals surface area contributed by atoms with E-state index in [0.29, 0.717) is 12.8 Å². The van der Waals surface area contributed by atoms with Crippen molar-refractivity contribution in [2.24, 2.45) is 11.8 Å². The van der Waals surface area contributed by atoms with Gasteiger partial charge in [-0.05, 0) is 0 Å². The van der Waals surface area contributed by atoms with Crippen LogP contribution in [0.15, 0.2) is 96.1 Å². The molecule has 2 aliphatic rings. The number of allylic oxidation sites excluding steroid dienone is 2. The van der Waals surface area contributed by atoms with Crippen molar-refractivity contribution in [1.29, 1.82) is 0 Å². The fourth-order valence-corrected chi connectivity index (χ4v) is 30.1. The Labute approximate surface area is 331 Å². The Bertz CT molecular complexity index is 1950. The zero-order valence-corrected chi connectivity index (χ0v) is 36.6. The summed E-state index contributed by atoms with van der Waals surface area (Å²) in [4.78, 5) is 25.3. The molecular formula is C46H54BCl2N2O2Zr. The number of benzene rings is 4. The standard InChI is InChI=1S/2C22H25.C2H3BN2O2.2ClH.Zr/c2*1-4-9-17-10-6-7-12-20(17)21-13-8-11-18-14-19(15-22(18)21)16(3)5-2;6-1-4-3-5-2-7;;;/h2*6-8,10-16H,4-5,9H2,1-3H3;1-2H,(H-,4,5,6,7);2*1H;/q;;;;;+1/p-1. The SMILES string of the molecule is CCCc1ccccc1-c1cccc2c1C=C(C(C)CC)[CH]2[Zr]([Cl])([Cl])([B](NC=O)NC=O)[CH]1C(C(C)CC)=Cc2c(-c3ccccc3CCC)cccc21. The van der Waals surface area contributed by atoms with E-state index in [4.69, 9.17) is 17.0 Å². The van der Waals surface area contributed by atoms with Gasteiger partial charge in [-0.15, -0.1) is 0 Å². The Morgan fingerprint density at radius 1 is 0.611 bits per heavy atom. The van der Waals surface area contributed by atoms with Gasteiger partial charge in [-0.1, -0.05) is 0 Å². The number of hydrogen-bond donors (Lipinski definition) is 2. The molecule has 0 radical (unpaired) electrons. The van der Waals surface area contributed by atoms with E-state index in [0.717, 1.165) is 71.9 Å². The van der Waals surface area contributed by atoms with E-state index in [-0.39, 0.29) is 11.8 Å². The Morgan fingerprint density at radius 2 is 1.00 bits per heavy atom. The molecule has 2 amide bonds. The summed E-state index contributed by atoms with van der Waals surface area (Å²) in [6, 6.07) is 30.4. The summed E-state index contributed by atoms with van der Waals surface area (Å²) < 4.78 is -1.76. The number of amides is 2. The van der Waals surface area contributed by atoms with Gasteiger partial charge in [0.2, 0.25) is 0 Å². The fourth-order valence-electron chi connectivity index (χ4n) is 9.42. The molecule has 4 aromatic carbocycles. The first-order valence-corrected chi connectivity index (χ1v) is 30.5. The summed E-state index contributed by atoms with van der Waals surface area (Å²) in [6.07, 6.45) is 11.8. The molecule has 4 aromatic rings. The number of halogens is 2. The number of hydrogen-bond acceptors (Lipinski definition) is 2. The van der Waals surface area contributed by atoms with Crippen molar-refractivity contribution < 1.29 is 25.8 Å². The third-order valence-electron chi connectivity index (χ3n) is 12.3. The van der Waals surface area contributed by atoms with Crippen LogP contribution in [0.5, 0.6) is 0 Å². The van der Waals surface area contributed by atoms with Gasteiger partial charge in [0.05, 0.1) is 0 Å². The third kappa shape index (κ3) is 6.94. The van der Waals surface area contributed by atoms with Crippen LogP contribution in [0.3, 0.4) is 0 Å². The number of fused-ring (bicyclic) bond motifs is 2. The van der Waals surface area contributed by atoms with Crippen LogP contribution in [0.25, 0.3) is 34.4 Å². The predicted octanol–water partition coefficient (Wildman–Crippen LogP) is 12.1.